The molecule has 0 bridgehead atoms. The lowest BCUT2D eigenvalue weighted by Gasteiger charge is -2.05. The zero-order chi connectivity index (χ0) is 12.1. The molecule has 1 heterocycles. The van der Waals surface area contributed by atoms with Crippen molar-refractivity contribution in [1.29, 1.82) is 0 Å². The van der Waals surface area contributed by atoms with Crippen molar-refractivity contribution in [2.45, 2.75) is 6.42 Å². The van der Waals surface area contributed by atoms with Crippen LogP contribution in [0.15, 0.2) is 18.2 Å². The van der Waals surface area contributed by atoms with Crippen molar-refractivity contribution >= 4 is 5.91 Å². The molecule has 0 aliphatic carbocycles. The molecule has 0 spiro atoms. The van der Waals surface area contributed by atoms with Gasteiger partial charge in [-0.1, -0.05) is 6.07 Å². The largest absolute Gasteiger partial charge is 0.454 e. The molecule has 0 atom stereocenters. The van der Waals surface area contributed by atoms with E-state index < -0.39 is 0 Å². The van der Waals surface area contributed by atoms with Crippen LogP contribution < -0.4 is 14.8 Å². The summed E-state index contributed by atoms with van der Waals surface area (Å²) < 4.78 is 15.3. The third-order valence-electron chi connectivity index (χ3n) is 2.43. The van der Waals surface area contributed by atoms with Crippen LogP contribution in [0.2, 0.25) is 0 Å². The molecule has 1 aliphatic heterocycles. The first kappa shape index (κ1) is 11.7. The Morgan fingerprint density at radius 3 is 3.06 bits per heavy atom. The number of amides is 1. The van der Waals surface area contributed by atoms with Gasteiger partial charge >= 0.3 is 0 Å². The highest BCUT2D eigenvalue weighted by Crippen LogP contribution is 2.32. The Morgan fingerprint density at radius 2 is 2.24 bits per heavy atom. The molecule has 1 amide bonds. The fraction of sp³-hybridized carbons (Fsp3) is 0.417. The number of carbonyl (C=O) groups is 1. The molecule has 1 aromatic carbocycles. The molecule has 0 radical (unpaired) electrons. The van der Waals surface area contributed by atoms with E-state index in [1.807, 2.05) is 18.2 Å². The standard InChI is InChI=1S/C12H15NO4/c1-15-5-4-13-12(14)7-9-2-3-10-11(6-9)17-8-16-10/h2-3,6H,4-5,7-8H2,1H3,(H,13,14). The van der Waals surface area contributed by atoms with Crippen molar-refractivity contribution in [3.05, 3.63) is 23.8 Å². The first-order valence-corrected chi connectivity index (χ1v) is 5.44. The fourth-order valence-corrected chi connectivity index (χ4v) is 1.59. The third-order valence-corrected chi connectivity index (χ3v) is 2.43. The number of rotatable bonds is 5. The summed E-state index contributed by atoms with van der Waals surface area (Å²) in [6.07, 6.45) is 0.334. The van der Waals surface area contributed by atoms with Gasteiger partial charge < -0.3 is 19.5 Å². The summed E-state index contributed by atoms with van der Waals surface area (Å²) in [5.41, 5.74) is 0.907. The van der Waals surface area contributed by atoms with Crippen LogP contribution in [0, 0.1) is 0 Å². The highest BCUT2D eigenvalue weighted by molar-refractivity contribution is 5.78. The average Bonchev–Trinajstić information content (AvgIpc) is 2.76. The van der Waals surface area contributed by atoms with Gasteiger partial charge in [-0.2, -0.15) is 0 Å². The van der Waals surface area contributed by atoms with Gasteiger partial charge in [-0.25, -0.2) is 0 Å². The zero-order valence-corrected chi connectivity index (χ0v) is 9.69. The van der Waals surface area contributed by atoms with Gasteiger partial charge in [-0.15, -0.1) is 0 Å². The summed E-state index contributed by atoms with van der Waals surface area (Å²) in [5.74, 6) is 1.40. The zero-order valence-electron chi connectivity index (χ0n) is 9.69. The Bertz CT molecular complexity index is 405. The molecule has 0 aromatic heterocycles. The van der Waals surface area contributed by atoms with Gasteiger partial charge in [0.1, 0.15) is 0 Å². The van der Waals surface area contributed by atoms with Crippen molar-refractivity contribution < 1.29 is 19.0 Å². The number of fused-ring (bicyclic) bond motifs is 1. The van der Waals surface area contributed by atoms with Crippen LogP contribution in [-0.2, 0) is 16.0 Å². The fourth-order valence-electron chi connectivity index (χ4n) is 1.59. The molecule has 2 rings (SSSR count). The van der Waals surface area contributed by atoms with Crippen LogP contribution in [0.5, 0.6) is 11.5 Å². The summed E-state index contributed by atoms with van der Waals surface area (Å²) in [7, 11) is 1.60. The lowest BCUT2D eigenvalue weighted by molar-refractivity contribution is -0.120. The van der Waals surface area contributed by atoms with Crippen molar-refractivity contribution in [2.75, 3.05) is 27.1 Å². The minimum absolute atomic E-state index is 0.0269. The number of ether oxygens (including phenoxy) is 3. The Kier molecular flexibility index (Phi) is 3.82. The average molecular weight is 237 g/mol. The molecule has 0 saturated carbocycles. The van der Waals surface area contributed by atoms with E-state index in [9.17, 15) is 4.79 Å². The van der Waals surface area contributed by atoms with E-state index in [4.69, 9.17) is 14.2 Å². The van der Waals surface area contributed by atoms with Crippen molar-refractivity contribution in [3.63, 3.8) is 0 Å². The predicted octanol–water partition coefficient (Wildman–Crippen LogP) is 0.720. The molecule has 1 aromatic rings. The van der Waals surface area contributed by atoms with Crippen LogP contribution in [0.1, 0.15) is 5.56 Å². The van der Waals surface area contributed by atoms with E-state index in [0.717, 1.165) is 11.3 Å². The van der Waals surface area contributed by atoms with Crippen LogP contribution >= 0.6 is 0 Å². The maximum Gasteiger partial charge on any atom is 0.231 e. The number of nitrogens with one attached hydrogen (secondary N) is 1. The summed E-state index contributed by atoms with van der Waals surface area (Å²) in [6, 6.07) is 5.52. The van der Waals surface area contributed by atoms with Gasteiger partial charge in [0.05, 0.1) is 13.0 Å². The smallest absolute Gasteiger partial charge is 0.231 e. The lowest BCUT2D eigenvalue weighted by atomic mass is 10.1. The number of methoxy groups -OCH3 is 1. The Morgan fingerprint density at radius 1 is 1.41 bits per heavy atom. The van der Waals surface area contributed by atoms with E-state index in [2.05, 4.69) is 5.32 Å². The molecule has 0 fully saturated rings. The van der Waals surface area contributed by atoms with E-state index in [1.165, 1.54) is 0 Å². The summed E-state index contributed by atoms with van der Waals surface area (Å²) >= 11 is 0. The molecule has 0 unspecified atom stereocenters. The van der Waals surface area contributed by atoms with Gasteiger partial charge in [-0.05, 0) is 17.7 Å². The molecule has 5 nitrogen and oxygen atoms in total. The van der Waals surface area contributed by atoms with Crippen LogP contribution in [-0.4, -0.2) is 33.0 Å². The Balaban J connectivity index is 1.88. The van der Waals surface area contributed by atoms with Crippen molar-refractivity contribution in [2.24, 2.45) is 0 Å². The van der Waals surface area contributed by atoms with Gasteiger partial charge in [0.25, 0.3) is 0 Å². The molecule has 1 N–H and O–H groups in total. The Labute approximate surface area is 99.7 Å². The van der Waals surface area contributed by atoms with Crippen molar-refractivity contribution in [1.82, 2.24) is 5.32 Å². The maximum atomic E-state index is 11.5. The van der Waals surface area contributed by atoms with Gasteiger partial charge in [0.2, 0.25) is 12.7 Å². The second-order valence-corrected chi connectivity index (χ2v) is 3.71. The Hall–Kier alpha value is -1.75. The van der Waals surface area contributed by atoms with E-state index in [0.29, 0.717) is 25.3 Å². The van der Waals surface area contributed by atoms with Crippen LogP contribution in [0.25, 0.3) is 0 Å². The molecule has 1 aliphatic rings. The highest BCUT2D eigenvalue weighted by Gasteiger charge is 2.14. The van der Waals surface area contributed by atoms with Crippen LogP contribution in [0.3, 0.4) is 0 Å². The second kappa shape index (κ2) is 5.54. The van der Waals surface area contributed by atoms with E-state index in [1.54, 1.807) is 7.11 Å². The van der Waals surface area contributed by atoms with E-state index >= 15 is 0 Å². The second-order valence-electron chi connectivity index (χ2n) is 3.71. The monoisotopic (exact) mass is 237 g/mol. The molecule has 92 valence electrons. The minimum Gasteiger partial charge on any atom is -0.454 e. The topological polar surface area (TPSA) is 56.8 Å². The first-order chi connectivity index (χ1) is 8.29. The number of hydrogen-bond acceptors (Lipinski definition) is 4. The van der Waals surface area contributed by atoms with Gasteiger partial charge in [0, 0.05) is 13.7 Å². The van der Waals surface area contributed by atoms with Crippen LogP contribution in [0.4, 0.5) is 0 Å². The lowest BCUT2D eigenvalue weighted by Crippen LogP contribution is -2.28. The highest BCUT2D eigenvalue weighted by atomic mass is 16.7. The number of benzene rings is 1. The summed E-state index contributed by atoms with van der Waals surface area (Å²) in [4.78, 5) is 11.5. The predicted molar refractivity (Wildman–Crippen MR) is 61.2 cm³/mol. The normalized spacial score (nSPS) is 12.5. The molecular formula is C12H15NO4. The van der Waals surface area contributed by atoms with Crippen molar-refractivity contribution in [3.8, 4) is 11.5 Å². The SMILES string of the molecule is COCCNC(=O)Cc1ccc2c(c1)OCO2. The maximum absolute atomic E-state index is 11.5. The van der Waals surface area contributed by atoms with Gasteiger partial charge in [-0.3, -0.25) is 4.79 Å². The van der Waals surface area contributed by atoms with Gasteiger partial charge in [0.15, 0.2) is 11.5 Å². The molecular weight excluding hydrogens is 222 g/mol. The molecule has 17 heavy (non-hydrogen) atoms. The minimum atomic E-state index is -0.0269. The number of hydrogen-bond donors (Lipinski definition) is 1. The van der Waals surface area contributed by atoms with E-state index in [-0.39, 0.29) is 12.7 Å². The molecule has 0 saturated heterocycles. The summed E-state index contributed by atoms with van der Waals surface area (Å²) in [5, 5.41) is 2.76. The quantitative estimate of drug-likeness (QED) is 0.767. The summed E-state index contributed by atoms with van der Waals surface area (Å²) in [6.45, 7) is 1.30. The first-order valence-electron chi connectivity index (χ1n) is 5.44. The molecule has 5 heteroatoms. The third kappa shape index (κ3) is 3.10. The number of carbonyl (C=O) groups excluding carboxylic acids is 1.